The normalized spacial score (nSPS) is 18.7. The molecule has 5 heteroatoms. The van der Waals surface area contributed by atoms with E-state index in [0.717, 1.165) is 5.56 Å². The van der Waals surface area contributed by atoms with Crippen LogP contribution in [-0.2, 0) is 0 Å². The number of hydrogen-bond donors (Lipinski definition) is 0. The Morgan fingerprint density at radius 1 is 0.905 bits per heavy atom. The molecule has 21 heavy (non-hydrogen) atoms. The quantitative estimate of drug-likeness (QED) is 0.792. The smallest absolute Gasteiger partial charge is 0.257 e. The number of benzene rings is 2. The van der Waals surface area contributed by atoms with Crippen molar-refractivity contribution < 1.29 is 13.2 Å². The third kappa shape index (κ3) is 2.77. The van der Waals surface area contributed by atoms with Crippen molar-refractivity contribution in [2.45, 2.75) is 18.6 Å². The molecule has 0 unspecified atom stereocenters. The summed E-state index contributed by atoms with van der Waals surface area (Å²) >= 11 is 0. The first kappa shape index (κ1) is 13.7. The summed E-state index contributed by atoms with van der Waals surface area (Å²) in [6, 6.07) is 17.7. The highest BCUT2D eigenvalue weighted by molar-refractivity contribution is 5.93. The van der Waals surface area contributed by atoms with Gasteiger partial charge in [0.1, 0.15) is 5.71 Å². The molecule has 0 N–H and O–H groups in total. The van der Waals surface area contributed by atoms with Crippen LogP contribution < -0.4 is 5.01 Å². The molecule has 2 aromatic carbocycles. The summed E-state index contributed by atoms with van der Waals surface area (Å²) in [7, 11) is 0. The Balaban J connectivity index is 2.00. The van der Waals surface area contributed by atoms with Crippen LogP contribution in [0.4, 0.5) is 18.9 Å². The van der Waals surface area contributed by atoms with Crippen LogP contribution in [0, 0.1) is 0 Å². The molecule has 2 nitrogen and oxygen atoms in total. The Morgan fingerprint density at radius 3 is 2.05 bits per heavy atom. The summed E-state index contributed by atoms with van der Waals surface area (Å²) in [6.45, 7) is 0. The summed E-state index contributed by atoms with van der Waals surface area (Å²) in [4.78, 5) is 0. The first-order valence-corrected chi connectivity index (χ1v) is 6.59. The predicted molar refractivity (Wildman–Crippen MR) is 76.2 cm³/mol. The predicted octanol–water partition coefficient (Wildman–Crippen LogP) is 4.56. The SMILES string of the molecule is FC(F)(F)C1=NN(c2ccccc2)[C@H](c2ccccc2)C1. The lowest BCUT2D eigenvalue weighted by Crippen LogP contribution is -2.21. The fourth-order valence-corrected chi connectivity index (χ4v) is 2.44. The molecule has 108 valence electrons. The van der Waals surface area contributed by atoms with E-state index in [4.69, 9.17) is 0 Å². The standard InChI is InChI=1S/C16H13F3N2/c17-16(18,19)15-11-14(12-7-3-1-4-8-12)21(20-15)13-9-5-2-6-10-13/h1-10,14H,11H2/t14-/m0/s1. The minimum atomic E-state index is -4.39. The average molecular weight is 290 g/mol. The highest BCUT2D eigenvalue weighted by Crippen LogP contribution is 2.38. The molecule has 3 rings (SSSR count). The topological polar surface area (TPSA) is 15.6 Å². The lowest BCUT2D eigenvalue weighted by Gasteiger charge is -2.23. The van der Waals surface area contributed by atoms with Gasteiger partial charge in [-0.05, 0) is 17.7 Å². The largest absolute Gasteiger partial charge is 0.431 e. The number of hydrazone groups is 1. The Morgan fingerprint density at radius 2 is 1.48 bits per heavy atom. The molecule has 0 aliphatic carbocycles. The van der Waals surface area contributed by atoms with Gasteiger partial charge in [-0.15, -0.1) is 0 Å². The van der Waals surface area contributed by atoms with Crippen molar-refractivity contribution in [2.75, 3.05) is 5.01 Å². The second kappa shape index (κ2) is 5.24. The summed E-state index contributed by atoms with van der Waals surface area (Å²) in [5.41, 5.74) is 0.746. The van der Waals surface area contributed by atoms with E-state index < -0.39 is 17.9 Å². The Hall–Kier alpha value is -2.30. The molecule has 0 aromatic heterocycles. The van der Waals surface area contributed by atoms with Crippen LogP contribution in [0.5, 0.6) is 0 Å². The van der Waals surface area contributed by atoms with E-state index in [1.54, 1.807) is 24.3 Å². The molecular formula is C16H13F3N2. The van der Waals surface area contributed by atoms with Gasteiger partial charge in [0.2, 0.25) is 0 Å². The van der Waals surface area contributed by atoms with Gasteiger partial charge in [-0.2, -0.15) is 18.3 Å². The van der Waals surface area contributed by atoms with E-state index in [1.807, 2.05) is 36.4 Å². The maximum atomic E-state index is 13.0. The third-order valence-corrected chi connectivity index (χ3v) is 3.44. The molecule has 1 aliphatic rings. The molecule has 0 saturated heterocycles. The molecule has 2 aromatic rings. The molecule has 1 atom stereocenters. The summed E-state index contributed by atoms with van der Waals surface area (Å²) in [6.07, 6.45) is -4.53. The number of rotatable bonds is 2. The van der Waals surface area contributed by atoms with Gasteiger partial charge in [0, 0.05) is 6.42 Å². The van der Waals surface area contributed by atoms with Crippen LogP contribution in [-0.4, -0.2) is 11.9 Å². The van der Waals surface area contributed by atoms with Gasteiger partial charge in [-0.25, -0.2) is 0 Å². The molecule has 0 fully saturated rings. The average Bonchev–Trinajstić information content (AvgIpc) is 2.94. The van der Waals surface area contributed by atoms with Crippen molar-refractivity contribution in [1.82, 2.24) is 0 Å². The monoisotopic (exact) mass is 290 g/mol. The lowest BCUT2D eigenvalue weighted by atomic mass is 10.0. The molecule has 0 saturated carbocycles. The maximum absolute atomic E-state index is 13.0. The Labute approximate surface area is 120 Å². The van der Waals surface area contributed by atoms with Gasteiger partial charge in [0.15, 0.2) is 0 Å². The van der Waals surface area contributed by atoms with Crippen LogP contribution >= 0.6 is 0 Å². The van der Waals surface area contributed by atoms with Crippen molar-refractivity contribution in [2.24, 2.45) is 5.10 Å². The lowest BCUT2D eigenvalue weighted by molar-refractivity contribution is -0.0600. The third-order valence-electron chi connectivity index (χ3n) is 3.44. The number of nitrogens with zero attached hydrogens (tertiary/aromatic N) is 2. The molecule has 1 aliphatic heterocycles. The van der Waals surface area contributed by atoms with E-state index in [-0.39, 0.29) is 6.42 Å². The fraction of sp³-hybridized carbons (Fsp3) is 0.188. The molecule has 1 heterocycles. The molecule has 0 amide bonds. The van der Waals surface area contributed by atoms with E-state index in [0.29, 0.717) is 5.69 Å². The van der Waals surface area contributed by atoms with Gasteiger partial charge < -0.3 is 0 Å². The molecule has 0 bridgehead atoms. The first-order chi connectivity index (χ1) is 10.1. The van der Waals surface area contributed by atoms with Gasteiger partial charge in [-0.1, -0.05) is 48.5 Å². The number of alkyl halides is 3. The first-order valence-electron chi connectivity index (χ1n) is 6.59. The van der Waals surface area contributed by atoms with Crippen molar-refractivity contribution >= 4 is 11.4 Å². The highest BCUT2D eigenvalue weighted by atomic mass is 19.4. The maximum Gasteiger partial charge on any atom is 0.431 e. The van der Waals surface area contributed by atoms with E-state index in [9.17, 15) is 13.2 Å². The van der Waals surface area contributed by atoms with E-state index in [1.165, 1.54) is 5.01 Å². The fourth-order valence-electron chi connectivity index (χ4n) is 2.44. The summed E-state index contributed by atoms with van der Waals surface area (Å²) in [5.74, 6) is 0. The highest BCUT2D eigenvalue weighted by Gasteiger charge is 2.43. The van der Waals surface area contributed by atoms with Gasteiger partial charge in [0.25, 0.3) is 0 Å². The van der Waals surface area contributed by atoms with Crippen molar-refractivity contribution in [3.63, 3.8) is 0 Å². The zero-order valence-corrected chi connectivity index (χ0v) is 11.1. The number of hydrogen-bond acceptors (Lipinski definition) is 2. The van der Waals surface area contributed by atoms with Gasteiger partial charge >= 0.3 is 6.18 Å². The zero-order valence-electron chi connectivity index (χ0n) is 11.1. The van der Waals surface area contributed by atoms with E-state index in [2.05, 4.69) is 5.10 Å². The second-order valence-electron chi connectivity index (χ2n) is 4.86. The van der Waals surface area contributed by atoms with Crippen LogP contribution in [0.25, 0.3) is 0 Å². The number of para-hydroxylation sites is 1. The summed E-state index contributed by atoms with van der Waals surface area (Å²) < 4.78 is 38.9. The van der Waals surface area contributed by atoms with Gasteiger partial charge in [-0.3, -0.25) is 5.01 Å². The van der Waals surface area contributed by atoms with Crippen LogP contribution in [0.3, 0.4) is 0 Å². The van der Waals surface area contributed by atoms with Gasteiger partial charge in [0.05, 0.1) is 11.7 Å². The van der Waals surface area contributed by atoms with Crippen molar-refractivity contribution in [1.29, 1.82) is 0 Å². The van der Waals surface area contributed by atoms with Crippen LogP contribution in [0.15, 0.2) is 65.8 Å². The zero-order chi connectivity index (χ0) is 14.9. The molecule has 0 radical (unpaired) electrons. The van der Waals surface area contributed by atoms with Crippen LogP contribution in [0.2, 0.25) is 0 Å². The molecular weight excluding hydrogens is 277 g/mol. The number of anilines is 1. The minimum absolute atomic E-state index is 0.137. The Bertz CT molecular complexity index is 636. The summed E-state index contributed by atoms with van der Waals surface area (Å²) in [5, 5.41) is 5.27. The minimum Gasteiger partial charge on any atom is -0.257 e. The molecule has 0 spiro atoms. The van der Waals surface area contributed by atoms with Crippen LogP contribution in [0.1, 0.15) is 18.0 Å². The second-order valence-corrected chi connectivity index (χ2v) is 4.86. The van der Waals surface area contributed by atoms with Crippen molar-refractivity contribution in [3.8, 4) is 0 Å². The van der Waals surface area contributed by atoms with E-state index >= 15 is 0 Å². The number of halogens is 3. The van der Waals surface area contributed by atoms with Crippen molar-refractivity contribution in [3.05, 3.63) is 66.2 Å². The Kier molecular flexibility index (Phi) is 3.41.